The van der Waals surface area contributed by atoms with Crippen LogP contribution in [-0.2, 0) is 0 Å². The van der Waals surface area contributed by atoms with Gasteiger partial charge in [0.1, 0.15) is 0 Å². The first kappa shape index (κ1) is 6.99. The van der Waals surface area contributed by atoms with Crippen molar-refractivity contribution in [2.45, 2.75) is 24.9 Å². The fourth-order valence-electron chi connectivity index (χ4n) is 1.10. The van der Waals surface area contributed by atoms with E-state index >= 15 is 0 Å². The largest absolute Gasteiger partial charge is 0.395 e. The van der Waals surface area contributed by atoms with Crippen LogP contribution in [0.1, 0.15) is 12.8 Å². The maximum atomic E-state index is 8.41. The van der Waals surface area contributed by atoms with Gasteiger partial charge in [-0.1, -0.05) is 0 Å². The minimum atomic E-state index is 0.228. The standard InChI is InChI=1S/C6H14N2O/c7-5-3-6(4-5)8-1-2-9/h5-6,8-9H,1-4,7H2. The van der Waals surface area contributed by atoms with Crippen molar-refractivity contribution < 1.29 is 5.11 Å². The summed E-state index contributed by atoms with van der Waals surface area (Å²) in [6.07, 6.45) is 2.14. The second-order valence-corrected chi connectivity index (χ2v) is 2.61. The molecular formula is C6H14N2O. The van der Waals surface area contributed by atoms with Crippen LogP contribution in [0.3, 0.4) is 0 Å². The smallest absolute Gasteiger partial charge is 0.0556 e. The Hall–Kier alpha value is -0.120. The fourth-order valence-corrected chi connectivity index (χ4v) is 1.10. The molecule has 3 heteroatoms. The molecular weight excluding hydrogens is 116 g/mol. The molecule has 1 fully saturated rings. The van der Waals surface area contributed by atoms with Crippen LogP contribution in [0.2, 0.25) is 0 Å². The molecule has 0 aliphatic heterocycles. The molecule has 1 aliphatic carbocycles. The van der Waals surface area contributed by atoms with Gasteiger partial charge in [-0.15, -0.1) is 0 Å². The van der Waals surface area contributed by atoms with Crippen LogP contribution in [0.25, 0.3) is 0 Å². The SMILES string of the molecule is NC1CC(NCCO)C1. The van der Waals surface area contributed by atoms with Gasteiger partial charge in [0.05, 0.1) is 6.61 Å². The minimum absolute atomic E-state index is 0.228. The molecule has 0 aromatic rings. The number of hydrogen-bond donors (Lipinski definition) is 3. The van der Waals surface area contributed by atoms with E-state index in [9.17, 15) is 0 Å². The summed E-state index contributed by atoms with van der Waals surface area (Å²) in [5, 5.41) is 11.6. The average Bonchev–Trinajstić information content (AvgIpc) is 1.78. The molecule has 9 heavy (non-hydrogen) atoms. The number of aliphatic hydroxyl groups is 1. The molecule has 0 atom stereocenters. The lowest BCUT2D eigenvalue weighted by atomic mass is 9.88. The third kappa shape index (κ3) is 1.93. The summed E-state index contributed by atoms with van der Waals surface area (Å²) in [5.74, 6) is 0. The van der Waals surface area contributed by atoms with Crippen molar-refractivity contribution in [1.29, 1.82) is 0 Å². The summed E-state index contributed by atoms with van der Waals surface area (Å²) in [5.41, 5.74) is 5.54. The van der Waals surface area contributed by atoms with E-state index in [-0.39, 0.29) is 6.61 Å². The molecule has 4 N–H and O–H groups in total. The van der Waals surface area contributed by atoms with E-state index in [4.69, 9.17) is 10.8 Å². The summed E-state index contributed by atoms with van der Waals surface area (Å²) >= 11 is 0. The molecule has 0 heterocycles. The predicted molar refractivity (Wildman–Crippen MR) is 36.1 cm³/mol. The number of rotatable bonds is 3. The first-order valence-electron chi connectivity index (χ1n) is 3.42. The lowest BCUT2D eigenvalue weighted by Gasteiger charge is -2.32. The summed E-state index contributed by atoms with van der Waals surface area (Å²) in [4.78, 5) is 0. The number of aliphatic hydroxyl groups excluding tert-OH is 1. The molecule has 3 nitrogen and oxygen atoms in total. The quantitative estimate of drug-likeness (QED) is 0.462. The van der Waals surface area contributed by atoms with E-state index in [1.54, 1.807) is 0 Å². The van der Waals surface area contributed by atoms with Gasteiger partial charge in [0.15, 0.2) is 0 Å². The highest BCUT2D eigenvalue weighted by molar-refractivity contribution is 4.87. The Balaban J connectivity index is 1.91. The van der Waals surface area contributed by atoms with Crippen LogP contribution in [-0.4, -0.2) is 30.3 Å². The first-order chi connectivity index (χ1) is 4.33. The summed E-state index contributed by atoms with van der Waals surface area (Å²) in [6, 6.07) is 0.980. The van der Waals surface area contributed by atoms with E-state index in [2.05, 4.69) is 5.32 Å². The van der Waals surface area contributed by atoms with Gasteiger partial charge in [0, 0.05) is 18.6 Å². The van der Waals surface area contributed by atoms with Gasteiger partial charge >= 0.3 is 0 Å². The van der Waals surface area contributed by atoms with Crippen molar-refractivity contribution in [2.75, 3.05) is 13.2 Å². The second-order valence-electron chi connectivity index (χ2n) is 2.61. The number of nitrogens with two attached hydrogens (primary N) is 1. The van der Waals surface area contributed by atoms with Crippen molar-refractivity contribution in [2.24, 2.45) is 5.73 Å². The molecule has 0 aromatic carbocycles. The topological polar surface area (TPSA) is 58.3 Å². The highest BCUT2D eigenvalue weighted by Gasteiger charge is 2.24. The van der Waals surface area contributed by atoms with Crippen LogP contribution in [0.5, 0.6) is 0 Å². The summed E-state index contributed by atoms with van der Waals surface area (Å²) in [6.45, 7) is 0.934. The molecule has 0 aromatic heterocycles. The Bertz CT molecular complexity index is 81.1. The zero-order chi connectivity index (χ0) is 6.69. The molecule has 0 bridgehead atoms. The second kappa shape index (κ2) is 3.15. The van der Waals surface area contributed by atoms with Crippen LogP contribution >= 0.6 is 0 Å². The van der Waals surface area contributed by atoms with Gasteiger partial charge in [-0.3, -0.25) is 0 Å². The Kier molecular flexibility index (Phi) is 2.45. The molecule has 1 aliphatic rings. The molecule has 0 amide bonds. The third-order valence-corrected chi connectivity index (χ3v) is 1.72. The first-order valence-corrected chi connectivity index (χ1v) is 3.42. The van der Waals surface area contributed by atoms with Crippen molar-refractivity contribution in [3.05, 3.63) is 0 Å². The van der Waals surface area contributed by atoms with Gasteiger partial charge in [-0.2, -0.15) is 0 Å². The third-order valence-electron chi connectivity index (χ3n) is 1.72. The normalized spacial score (nSPS) is 34.0. The zero-order valence-corrected chi connectivity index (χ0v) is 5.51. The Labute approximate surface area is 55.2 Å². The maximum absolute atomic E-state index is 8.41. The molecule has 1 rings (SSSR count). The highest BCUT2D eigenvalue weighted by Crippen LogP contribution is 2.16. The fraction of sp³-hybridized carbons (Fsp3) is 1.00. The van der Waals surface area contributed by atoms with Crippen molar-refractivity contribution >= 4 is 0 Å². The van der Waals surface area contributed by atoms with Crippen LogP contribution in [0.4, 0.5) is 0 Å². The lowest BCUT2D eigenvalue weighted by Crippen LogP contribution is -2.49. The molecule has 0 radical (unpaired) electrons. The van der Waals surface area contributed by atoms with E-state index in [0.29, 0.717) is 18.6 Å². The minimum Gasteiger partial charge on any atom is -0.395 e. The van der Waals surface area contributed by atoms with E-state index in [0.717, 1.165) is 12.8 Å². The van der Waals surface area contributed by atoms with Crippen molar-refractivity contribution in [1.82, 2.24) is 5.32 Å². The molecule has 0 spiro atoms. The van der Waals surface area contributed by atoms with E-state index in [1.807, 2.05) is 0 Å². The van der Waals surface area contributed by atoms with Crippen LogP contribution < -0.4 is 11.1 Å². The average molecular weight is 130 g/mol. The Morgan fingerprint density at radius 1 is 1.56 bits per heavy atom. The van der Waals surface area contributed by atoms with Gasteiger partial charge in [0.25, 0.3) is 0 Å². The number of nitrogens with one attached hydrogen (secondary N) is 1. The predicted octanol–water partition coefficient (Wildman–Crippen LogP) is -0.942. The Morgan fingerprint density at radius 3 is 2.67 bits per heavy atom. The number of hydrogen-bond acceptors (Lipinski definition) is 3. The van der Waals surface area contributed by atoms with Crippen molar-refractivity contribution in [3.63, 3.8) is 0 Å². The lowest BCUT2D eigenvalue weighted by molar-refractivity contribution is 0.245. The molecule has 54 valence electrons. The van der Waals surface area contributed by atoms with Gasteiger partial charge in [-0.25, -0.2) is 0 Å². The van der Waals surface area contributed by atoms with Crippen molar-refractivity contribution in [3.8, 4) is 0 Å². The van der Waals surface area contributed by atoms with Crippen LogP contribution in [0, 0.1) is 0 Å². The van der Waals surface area contributed by atoms with Gasteiger partial charge in [-0.05, 0) is 12.8 Å². The molecule has 1 saturated carbocycles. The summed E-state index contributed by atoms with van der Waals surface area (Å²) < 4.78 is 0. The zero-order valence-electron chi connectivity index (χ0n) is 5.51. The Morgan fingerprint density at radius 2 is 2.22 bits per heavy atom. The van der Waals surface area contributed by atoms with Gasteiger partial charge in [0.2, 0.25) is 0 Å². The molecule has 0 saturated heterocycles. The monoisotopic (exact) mass is 130 g/mol. The summed E-state index contributed by atoms with van der Waals surface area (Å²) in [7, 11) is 0. The van der Waals surface area contributed by atoms with E-state index in [1.165, 1.54) is 0 Å². The maximum Gasteiger partial charge on any atom is 0.0556 e. The van der Waals surface area contributed by atoms with E-state index < -0.39 is 0 Å². The molecule has 0 unspecified atom stereocenters. The van der Waals surface area contributed by atoms with Crippen LogP contribution in [0.15, 0.2) is 0 Å². The highest BCUT2D eigenvalue weighted by atomic mass is 16.3. The van der Waals surface area contributed by atoms with Gasteiger partial charge < -0.3 is 16.2 Å².